The van der Waals surface area contributed by atoms with Crippen molar-refractivity contribution in [2.24, 2.45) is 0 Å². The molecule has 0 aliphatic heterocycles. The second kappa shape index (κ2) is 15.7. The monoisotopic (exact) mass is 754 g/mol. The molecule has 0 N–H and O–H groups in total. The Hall–Kier alpha value is -7.68. The van der Waals surface area contributed by atoms with Crippen LogP contribution in [0.5, 0.6) is 0 Å². The highest BCUT2D eigenvalue weighted by molar-refractivity contribution is 6.01. The number of fused-ring (bicyclic) bond motifs is 2. The van der Waals surface area contributed by atoms with Crippen LogP contribution in [0, 0.1) is 6.92 Å². The van der Waals surface area contributed by atoms with Gasteiger partial charge in [-0.05, 0) is 111 Å². The second-order valence-corrected chi connectivity index (χ2v) is 15.0. The summed E-state index contributed by atoms with van der Waals surface area (Å²) in [6.07, 6.45) is 0. The minimum atomic E-state index is 1.10. The fourth-order valence-corrected chi connectivity index (χ4v) is 8.37. The lowest BCUT2D eigenvalue weighted by Gasteiger charge is -2.29. The summed E-state index contributed by atoms with van der Waals surface area (Å²) in [5, 5.41) is 4.88. The smallest absolute Gasteiger partial charge is 0.0569 e. The van der Waals surface area contributed by atoms with Gasteiger partial charge in [-0.15, -0.1) is 0 Å². The molecule has 0 fully saturated rings. The molecule has 0 aliphatic rings. The van der Waals surface area contributed by atoms with Gasteiger partial charge in [0.25, 0.3) is 0 Å². The molecule has 0 bridgehead atoms. The number of anilines is 6. The maximum absolute atomic E-state index is 2.41. The Morgan fingerprint density at radius 1 is 0.254 bits per heavy atom. The van der Waals surface area contributed by atoms with Gasteiger partial charge in [-0.1, -0.05) is 182 Å². The summed E-state index contributed by atoms with van der Waals surface area (Å²) in [6, 6.07) is 85.3. The van der Waals surface area contributed by atoms with E-state index in [-0.39, 0.29) is 0 Å². The summed E-state index contributed by atoms with van der Waals surface area (Å²) >= 11 is 0. The van der Waals surface area contributed by atoms with E-state index in [4.69, 9.17) is 0 Å². The van der Waals surface area contributed by atoms with Crippen molar-refractivity contribution in [3.63, 3.8) is 0 Å². The average molecular weight is 755 g/mol. The van der Waals surface area contributed by atoms with Crippen molar-refractivity contribution in [2.75, 3.05) is 9.80 Å². The van der Waals surface area contributed by atoms with Gasteiger partial charge in [0.1, 0.15) is 0 Å². The standard InChI is InChI=1S/C57H42N2/c1-41-23-24-49-18-9-11-21-55(49)57(41)59(52-37-29-45(30-38-52)43-15-6-3-7-16-43)53-39-31-47(32-40-53)46-27-35-51(36-28-46)58(56-22-12-19-48-17-8-10-20-54(48)56)50-33-25-44(26-34-50)42-13-4-2-5-14-42/h2-40H,1H3. The summed E-state index contributed by atoms with van der Waals surface area (Å²) in [4.78, 5) is 4.78. The number of hydrogen-bond donors (Lipinski definition) is 0. The van der Waals surface area contributed by atoms with Crippen LogP contribution in [0.4, 0.5) is 34.1 Å². The Balaban J connectivity index is 1.01. The number of hydrogen-bond acceptors (Lipinski definition) is 2. The largest absolute Gasteiger partial charge is 0.310 e. The Morgan fingerprint density at radius 3 is 1.08 bits per heavy atom. The van der Waals surface area contributed by atoms with E-state index in [0.29, 0.717) is 0 Å². The lowest BCUT2D eigenvalue weighted by molar-refractivity contribution is 1.27. The number of nitrogens with zero attached hydrogens (tertiary/aromatic N) is 2. The van der Waals surface area contributed by atoms with E-state index in [1.165, 1.54) is 60.6 Å². The molecule has 0 unspecified atom stereocenters. The van der Waals surface area contributed by atoms with Crippen LogP contribution in [0.2, 0.25) is 0 Å². The Bertz CT molecular complexity index is 3000. The van der Waals surface area contributed by atoms with E-state index in [1.807, 2.05) is 0 Å². The molecule has 59 heavy (non-hydrogen) atoms. The number of benzene rings is 10. The van der Waals surface area contributed by atoms with Crippen LogP contribution in [-0.4, -0.2) is 0 Å². The normalized spacial score (nSPS) is 11.1. The van der Waals surface area contributed by atoms with Crippen molar-refractivity contribution in [1.29, 1.82) is 0 Å². The van der Waals surface area contributed by atoms with Gasteiger partial charge < -0.3 is 9.80 Å². The molecular weight excluding hydrogens is 713 g/mol. The van der Waals surface area contributed by atoms with Crippen LogP contribution in [0.1, 0.15) is 5.56 Å². The first-order chi connectivity index (χ1) is 29.2. The molecule has 10 aromatic rings. The lowest BCUT2D eigenvalue weighted by Crippen LogP contribution is -2.12. The first kappa shape index (κ1) is 35.7. The van der Waals surface area contributed by atoms with E-state index in [0.717, 1.165) is 34.0 Å². The molecule has 0 radical (unpaired) electrons. The molecule has 2 nitrogen and oxygen atoms in total. The highest BCUT2D eigenvalue weighted by Gasteiger charge is 2.19. The van der Waals surface area contributed by atoms with Crippen molar-refractivity contribution in [3.05, 3.63) is 242 Å². The third-order valence-corrected chi connectivity index (χ3v) is 11.4. The van der Waals surface area contributed by atoms with Crippen molar-refractivity contribution < 1.29 is 0 Å². The summed E-state index contributed by atoms with van der Waals surface area (Å²) in [6.45, 7) is 2.21. The van der Waals surface area contributed by atoms with Gasteiger partial charge in [-0.3, -0.25) is 0 Å². The fraction of sp³-hybridized carbons (Fsp3) is 0.0175. The highest BCUT2D eigenvalue weighted by atomic mass is 15.1. The third kappa shape index (κ3) is 7.03. The van der Waals surface area contributed by atoms with Crippen LogP contribution in [-0.2, 0) is 0 Å². The van der Waals surface area contributed by atoms with Gasteiger partial charge in [-0.2, -0.15) is 0 Å². The number of rotatable bonds is 9. The molecule has 0 aromatic heterocycles. The second-order valence-electron chi connectivity index (χ2n) is 15.0. The fourth-order valence-electron chi connectivity index (χ4n) is 8.37. The molecule has 0 atom stereocenters. The van der Waals surface area contributed by atoms with Crippen molar-refractivity contribution in [3.8, 4) is 33.4 Å². The Labute approximate surface area is 346 Å². The summed E-state index contributed by atoms with van der Waals surface area (Å²) in [5.41, 5.74) is 15.2. The van der Waals surface area contributed by atoms with Crippen LogP contribution in [0.25, 0.3) is 54.9 Å². The lowest BCUT2D eigenvalue weighted by atomic mass is 10.00. The zero-order valence-electron chi connectivity index (χ0n) is 32.9. The zero-order chi connectivity index (χ0) is 39.5. The molecule has 0 amide bonds. The first-order valence-electron chi connectivity index (χ1n) is 20.3. The molecule has 0 aliphatic carbocycles. The van der Waals surface area contributed by atoms with E-state index >= 15 is 0 Å². The summed E-state index contributed by atoms with van der Waals surface area (Å²) in [7, 11) is 0. The predicted molar refractivity (Wildman–Crippen MR) is 252 cm³/mol. The van der Waals surface area contributed by atoms with Gasteiger partial charge in [0.05, 0.1) is 11.4 Å². The minimum Gasteiger partial charge on any atom is -0.310 e. The van der Waals surface area contributed by atoms with Gasteiger partial charge in [0.15, 0.2) is 0 Å². The maximum atomic E-state index is 2.41. The van der Waals surface area contributed by atoms with Crippen LogP contribution in [0.15, 0.2) is 237 Å². The first-order valence-corrected chi connectivity index (χ1v) is 20.3. The topological polar surface area (TPSA) is 6.48 Å². The summed E-state index contributed by atoms with van der Waals surface area (Å²) in [5.74, 6) is 0. The van der Waals surface area contributed by atoms with Crippen LogP contribution < -0.4 is 9.80 Å². The summed E-state index contributed by atoms with van der Waals surface area (Å²) < 4.78 is 0. The van der Waals surface area contributed by atoms with Gasteiger partial charge >= 0.3 is 0 Å². The molecule has 0 spiro atoms. The van der Waals surface area contributed by atoms with E-state index in [9.17, 15) is 0 Å². The molecule has 0 heterocycles. The van der Waals surface area contributed by atoms with Gasteiger partial charge in [-0.25, -0.2) is 0 Å². The molecule has 0 saturated heterocycles. The van der Waals surface area contributed by atoms with Crippen LogP contribution >= 0.6 is 0 Å². The molecule has 280 valence electrons. The van der Waals surface area contributed by atoms with E-state index in [2.05, 4.69) is 253 Å². The molecule has 10 rings (SSSR count). The minimum absolute atomic E-state index is 1.10. The van der Waals surface area contributed by atoms with Crippen LogP contribution in [0.3, 0.4) is 0 Å². The van der Waals surface area contributed by atoms with Gasteiger partial charge in [0, 0.05) is 33.5 Å². The van der Waals surface area contributed by atoms with Crippen molar-refractivity contribution >= 4 is 55.7 Å². The zero-order valence-corrected chi connectivity index (χ0v) is 32.9. The van der Waals surface area contributed by atoms with E-state index in [1.54, 1.807) is 0 Å². The van der Waals surface area contributed by atoms with E-state index < -0.39 is 0 Å². The predicted octanol–water partition coefficient (Wildman–Crippen LogP) is 16.2. The van der Waals surface area contributed by atoms with Crippen molar-refractivity contribution in [2.45, 2.75) is 6.92 Å². The molecular formula is C57H42N2. The molecule has 0 saturated carbocycles. The Morgan fingerprint density at radius 2 is 0.610 bits per heavy atom. The SMILES string of the molecule is Cc1ccc2ccccc2c1N(c1ccc(-c2ccccc2)cc1)c1ccc(-c2ccc(N(c3ccc(-c4ccccc4)cc3)c3cccc4ccccc34)cc2)cc1. The molecule has 2 heteroatoms. The highest BCUT2D eigenvalue weighted by Crippen LogP contribution is 2.43. The quantitative estimate of drug-likeness (QED) is 0.145. The average Bonchev–Trinajstić information content (AvgIpc) is 3.31. The number of aryl methyl sites for hydroxylation is 1. The third-order valence-electron chi connectivity index (χ3n) is 11.4. The maximum Gasteiger partial charge on any atom is 0.0569 e. The van der Waals surface area contributed by atoms with Crippen molar-refractivity contribution in [1.82, 2.24) is 0 Å². The van der Waals surface area contributed by atoms with Gasteiger partial charge in [0.2, 0.25) is 0 Å². The Kier molecular flexibility index (Phi) is 9.50. The molecule has 10 aromatic carbocycles.